The molecule has 1 atom stereocenters. The van der Waals surface area contributed by atoms with Crippen LogP contribution < -0.4 is 5.32 Å². The molecule has 2 rings (SSSR count). The van der Waals surface area contributed by atoms with Crippen molar-refractivity contribution in [2.45, 2.75) is 38.6 Å². The van der Waals surface area contributed by atoms with E-state index in [1.165, 1.54) is 24.0 Å². The van der Waals surface area contributed by atoms with Gasteiger partial charge >= 0.3 is 0 Å². The molecule has 0 bridgehead atoms. The van der Waals surface area contributed by atoms with Crippen LogP contribution in [0.3, 0.4) is 0 Å². The zero-order chi connectivity index (χ0) is 14.2. The molecule has 1 N–H and O–H groups in total. The van der Waals surface area contributed by atoms with E-state index in [0.29, 0.717) is 12.0 Å². The SMILES string of the molecule is CCCCNC(C)C(c1ccccc1)c1ccccc1. The van der Waals surface area contributed by atoms with Gasteiger partial charge in [-0.2, -0.15) is 0 Å². The minimum Gasteiger partial charge on any atom is -0.313 e. The Kier molecular flexibility index (Phi) is 5.82. The van der Waals surface area contributed by atoms with Crippen molar-refractivity contribution in [2.24, 2.45) is 0 Å². The summed E-state index contributed by atoms with van der Waals surface area (Å²) in [4.78, 5) is 0. The third-order valence-electron chi connectivity index (χ3n) is 3.81. The molecule has 0 aliphatic heterocycles. The van der Waals surface area contributed by atoms with Crippen LogP contribution in [0.1, 0.15) is 43.7 Å². The first kappa shape index (κ1) is 14.8. The first-order valence-electron chi connectivity index (χ1n) is 7.66. The van der Waals surface area contributed by atoms with Crippen molar-refractivity contribution >= 4 is 0 Å². The van der Waals surface area contributed by atoms with E-state index in [-0.39, 0.29) is 0 Å². The smallest absolute Gasteiger partial charge is 0.0240 e. The lowest BCUT2D eigenvalue weighted by molar-refractivity contribution is 0.490. The van der Waals surface area contributed by atoms with Crippen molar-refractivity contribution in [1.29, 1.82) is 0 Å². The van der Waals surface area contributed by atoms with Crippen LogP contribution in [0.5, 0.6) is 0 Å². The maximum Gasteiger partial charge on any atom is 0.0240 e. The van der Waals surface area contributed by atoms with E-state index in [0.717, 1.165) is 6.54 Å². The minimum atomic E-state index is 0.411. The van der Waals surface area contributed by atoms with E-state index in [1.807, 2.05) is 0 Å². The molecule has 0 amide bonds. The van der Waals surface area contributed by atoms with Crippen LogP contribution in [-0.4, -0.2) is 12.6 Å². The molecule has 1 unspecified atom stereocenters. The van der Waals surface area contributed by atoms with Gasteiger partial charge in [0.1, 0.15) is 0 Å². The fourth-order valence-corrected chi connectivity index (χ4v) is 2.71. The first-order valence-corrected chi connectivity index (χ1v) is 7.66. The Bertz CT molecular complexity index is 438. The largest absolute Gasteiger partial charge is 0.313 e. The molecule has 2 aromatic rings. The average molecular weight is 267 g/mol. The van der Waals surface area contributed by atoms with Gasteiger partial charge in [0, 0.05) is 12.0 Å². The van der Waals surface area contributed by atoms with Crippen LogP contribution in [0.25, 0.3) is 0 Å². The number of hydrogen-bond donors (Lipinski definition) is 1. The summed E-state index contributed by atoms with van der Waals surface area (Å²) >= 11 is 0. The molecule has 2 aromatic carbocycles. The van der Waals surface area contributed by atoms with E-state index in [9.17, 15) is 0 Å². The van der Waals surface area contributed by atoms with Gasteiger partial charge in [0.25, 0.3) is 0 Å². The molecule has 0 radical (unpaired) electrons. The molecule has 0 spiro atoms. The predicted molar refractivity (Wildman–Crippen MR) is 87.1 cm³/mol. The van der Waals surface area contributed by atoms with E-state index < -0.39 is 0 Å². The van der Waals surface area contributed by atoms with Crippen LogP contribution in [-0.2, 0) is 0 Å². The van der Waals surface area contributed by atoms with E-state index in [4.69, 9.17) is 0 Å². The van der Waals surface area contributed by atoms with Crippen LogP contribution in [0.15, 0.2) is 60.7 Å². The highest BCUT2D eigenvalue weighted by Crippen LogP contribution is 2.27. The van der Waals surface area contributed by atoms with Crippen LogP contribution in [0.4, 0.5) is 0 Å². The van der Waals surface area contributed by atoms with Crippen molar-refractivity contribution in [2.75, 3.05) is 6.54 Å². The van der Waals surface area contributed by atoms with Crippen molar-refractivity contribution in [3.8, 4) is 0 Å². The van der Waals surface area contributed by atoms with Gasteiger partial charge in [0.2, 0.25) is 0 Å². The third kappa shape index (κ3) is 3.94. The van der Waals surface area contributed by atoms with Gasteiger partial charge in [-0.1, -0.05) is 74.0 Å². The third-order valence-corrected chi connectivity index (χ3v) is 3.81. The number of hydrogen-bond acceptors (Lipinski definition) is 1. The van der Waals surface area contributed by atoms with Crippen molar-refractivity contribution in [3.63, 3.8) is 0 Å². The molecule has 0 saturated heterocycles. The van der Waals surface area contributed by atoms with Gasteiger partial charge in [-0.25, -0.2) is 0 Å². The molecule has 0 aliphatic rings. The number of unbranched alkanes of at least 4 members (excludes halogenated alkanes) is 1. The van der Waals surface area contributed by atoms with Gasteiger partial charge in [0.15, 0.2) is 0 Å². The Morgan fingerprint density at radius 3 is 1.80 bits per heavy atom. The maximum absolute atomic E-state index is 3.68. The highest BCUT2D eigenvalue weighted by molar-refractivity contribution is 5.34. The zero-order valence-corrected chi connectivity index (χ0v) is 12.5. The van der Waals surface area contributed by atoms with Crippen molar-refractivity contribution < 1.29 is 0 Å². The van der Waals surface area contributed by atoms with Crippen molar-refractivity contribution in [1.82, 2.24) is 5.32 Å². The molecule has 0 fully saturated rings. The average Bonchev–Trinajstić information content (AvgIpc) is 2.50. The molecular weight excluding hydrogens is 242 g/mol. The summed E-state index contributed by atoms with van der Waals surface area (Å²) in [5.74, 6) is 0.411. The standard InChI is InChI=1S/C19H25N/c1-3-4-15-20-16(2)19(17-11-7-5-8-12-17)18-13-9-6-10-14-18/h5-14,16,19-20H,3-4,15H2,1-2H3. The molecule has 1 heteroatoms. The van der Waals surface area contributed by atoms with Crippen LogP contribution >= 0.6 is 0 Å². The zero-order valence-electron chi connectivity index (χ0n) is 12.5. The highest BCUT2D eigenvalue weighted by Gasteiger charge is 2.20. The van der Waals surface area contributed by atoms with E-state index in [1.54, 1.807) is 0 Å². The summed E-state index contributed by atoms with van der Waals surface area (Å²) in [6.07, 6.45) is 2.47. The first-order chi connectivity index (χ1) is 9.83. The Morgan fingerprint density at radius 1 is 0.850 bits per heavy atom. The Morgan fingerprint density at radius 2 is 1.35 bits per heavy atom. The van der Waals surface area contributed by atoms with Gasteiger partial charge in [-0.15, -0.1) is 0 Å². The number of rotatable bonds is 7. The fraction of sp³-hybridized carbons (Fsp3) is 0.368. The molecule has 0 aromatic heterocycles. The van der Waals surface area contributed by atoms with E-state index >= 15 is 0 Å². The molecule has 106 valence electrons. The van der Waals surface area contributed by atoms with Gasteiger partial charge in [-0.3, -0.25) is 0 Å². The number of nitrogens with one attached hydrogen (secondary N) is 1. The maximum atomic E-state index is 3.68. The quantitative estimate of drug-likeness (QED) is 0.723. The lowest BCUT2D eigenvalue weighted by atomic mass is 9.86. The Balaban J connectivity index is 2.21. The number of benzene rings is 2. The van der Waals surface area contributed by atoms with Gasteiger partial charge in [-0.05, 0) is 31.0 Å². The molecule has 1 nitrogen and oxygen atoms in total. The van der Waals surface area contributed by atoms with E-state index in [2.05, 4.69) is 79.8 Å². The molecule has 0 saturated carbocycles. The monoisotopic (exact) mass is 267 g/mol. The van der Waals surface area contributed by atoms with Gasteiger partial charge in [0.05, 0.1) is 0 Å². The summed E-state index contributed by atoms with van der Waals surface area (Å²) < 4.78 is 0. The summed E-state index contributed by atoms with van der Waals surface area (Å²) in [5, 5.41) is 3.68. The molecule has 0 aliphatic carbocycles. The fourth-order valence-electron chi connectivity index (χ4n) is 2.71. The normalized spacial score (nSPS) is 12.6. The second-order valence-corrected chi connectivity index (χ2v) is 5.40. The Labute approximate surface area is 123 Å². The second-order valence-electron chi connectivity index (χ2n) is 5.40. The lowest BCUT2D eigenvalue weighted by Gasteiger charge is -2.26. The lowest BCUT2D eigenvalue weighted by Crippen LogP contribution is -2.33. The minimum absolute atomic E-state index is 0.411. The van der Waals surface area contributed by atoms with Crippen LogP contribution in [0.2, 0.25) is 0 Å². The molecule has 20 heavy (non-hydrogen) atoms. The summed E-state index contributed by atoms with van der Waals surface area (Å²) in [6.45, 7) is 5.62. The van der Waals surface area contributed by atoms with Crippen LogP contribution in [0, 0.1) is 0 Å². The summed E-state index contributed by atoms with van der Waals surface area (Å²) in [6, 6.07) is 22.0. The second kappa shape index (κ2) is 7.86. The van der Waals surface area contributed by atoms with Gasteiger partial charge < -0.3 is 5.32 Å². The highest BCUT2D eigenvalue weighted by atomic mass is 14.9. The molecular formula is C19H25N. The van der Waals surface area contributed by atoms with Crippen molar-refractivity contribution in [3.05, 3.63) is 71.8 Å². The molecule has 0 heterocycles. The predicted octanol–water partition coefficient (Wildman–Crippen LogP) is 4.60. The summed E-state index contributed by atoms with van der Waals surface area (Å²) in [7, 11) is 0. The summed E-state index contributed by atoms with van der Waals surface area (Å²) in [5.41, 5.74) is 2.77. The Hall–Kier alpha value is -1.60. The topological polar surface area (TPSA) is 12.0 Å².